The fraction of sp³-hybridized carbons (Fsp3) is 0.133. The number of nitrogens with zero attached hydrogens (tertiary/aromatic N) is 1. The van der Waals surface area contributed by atoms with E-state index in [-0.39, 0.29) is 5.91 Å². The molecule has 2 aromatic heterocycles. The van der Waals surface area contributed by atoms with E-state index >= 15 is 0 Å². The Balaban J connectivity index is 1.58. The summed E-state index contributed by atoms with van der Waals surface area (Å²) < 4.78 is 9.62. The number of carbonyl (C=O) groups is 1. The van der Waals surface area contributed by atoms with E-state index in [1.165, 1.54) is 0 Å². The van der Waals surface area contributed by atoms with Crippen LogP contribution in [0.2, 0.25) is 0 Å². The standard InChI is InChI=1S/C15H13N3O4/c19-13(8-7-12-2-1-9-21-12)16-11-5-3-10(4-6-11)14-17-15(20)22-18-14/h1-6,9H,7-8H2,(H,16,19)(H,17,18,20). The second kappa shape index (κ2) is 6.13. The smallest absolute Gasteiger partial charge is 0.439 e. The number of H-pyrrole nitrogens is 1. The van der Waals surface area contributed by atoms with Crippen LogP contribution in [0.4, 0.5) is 5.69 Å². The number of anilines is 1. The Hall–Kier alpha value is -3.09. The lowest BCUT2D eigenvalue weighted by atomic mass is 10.2. The van der Waals surface area contributed by atoms with E-state index in [2.05, 4.69) is 20.0 Å². The molecule has 0 aliphatic rings. The molecule has 0 aliphatic heterocycles. The number of furan rings is 1. The van der Waals surface area contributed by atoms with Crippen LogP contribution in [0, 0.1) is 0 Å². The molecule has 112 valence electrons. The molecular weight excluding hydrogens is 286 g/mol. The maximum Gasteiger partial charge on any atom is 0.439 e. The number of amides is 1. The van der Waals surface area contributed by atoms with Gasteiger partial charge in [0, 0.05) is 24.1 Å². The predicted molar refractivity (Wildman–Crippen MR) is 78.2 cm³/mol. The van der Waals surface area contributed by atoms with Gasteiger partial charge in [-0.1, -0.05) is 5.16 Å². The molecule has 0 saturated heterocycles. The number of aryl methyl sites for hydroxylation is 1. The second-order valence-corrected chi connectivity index (χ2v) is 4.65. The van der Waals surface area contributed by atoms with Crippen LogP contribution in [-0.2, 0) is 11.2 Å². The lowest BCUT2D eigenvalue weighted by molar-refractivity contribution is -0.116. The molecule has 7 nitrogen and oxygen atoms in total. The lowest BCUT2D eigenvalue weighted by Crippen LogP contribution is -2.12. The summed E-state index contributed by atoms with van der Waals surface area (Å²) in [5.41, 5.74) is 1.36. The molecule has 3 rings (SSSR count). The van der Waals surface area contributed by atoms with E-state index in [1.54, 1.807) is 36.6 Å². The van der Waals surface area contributed by atoms with Gasteiger partial charge in [-0.3, -0.25) is 14.3 Å². The number of hydrogen-bond acceptors (Lipinski definition) is 5. The summed E-state index contributed by atoms with van der Waals surface area (Å²) in [6.45, 7) is 0. The van der Waals surface area contributed by atoms with Gasteiger partial charge < -0.3 is 9.73 Å². The monoisotopic (exact) mass is 299 g/mol. The molecule has 0 bridgehead atoms. The SMILES string of the molecule is O=C(CCc1ccco1)Nc1ccc(-c2noc(=O)[nH]2)cc1. The Bertz CT molecular complexity index is 800. The van der Waals surface area contributed by atoms with Crippen LogP contribution in [0.1, 0.15) is 12.2 Å². The summed E-state index contributed by atoms with van der Waals surface area (Å²) in [5, 5.41) is 6.39. The summed E-state index contributed by atoms with van der Waals surface area (Å²) in [5.74, 6) is 0.422. The van der Waals surface area contributed by atoms with Crippen molar-refractivity contribution in [3.63, 3.8) is 0 Å². The van der Waals surface area contributed by atoms with Gasteiger partial charge in [-0.2, -0.15) is 0 Å². The number of benzene rings is 1. The van der Waals surface area contributed by atoms with E-state index in [0.29, 0.717) is 29.9 Å². The van der Waals surface area contributed by atoms with Crippen LogP contribution >= 0.6 is 0 Å². The molecule has 0 fully saturated rings. The quantitative estimate of drug-likeness (QED) is 0.752. The highest BCUT2D eigenvalue weighted by atomic mass is 16.5. The normalized spacial score (nSPS) is 10.5. The number of rotatable bonds is 5. The highest BCUT2D eigenvalue weighted by molar-refractivity contribution is 5.91. The van der Waals surface area contributed by atoms with Crippen LogP contribution < -0.4 is 11.1 Å². The molecule has 2 N–H and O–H groups in total. The van der Waals surface area contributed by atoms with E-state index < -0.39 is 5.76 Å². The fourth-order valence-corrected chi connectivity index (χ4v) is 1.98. The van der Waals surface area contributed by atoms with Crippen molar-refractivity contribution in [2.24, 2.45) is 0 Å². The van der Waals surface area contributed by atoms with Gasteiger partial charge in [-0.15, -0.1) is 0 Å². The van der Waals surface area contributed by atoms with Crippen LogP contribution in [0.5, 0.6) is 0 Å². The third-order valence-electron chi connectivity index (χ3n) is 3.06. The Morgan fingerprint density at radius 1 is 1.23 bits per heavy atom. The zero-order chi connectivity index (χ0) is 15.4. The number of carbonyl (C=O) groups excluding carboxylic acids is 1. The van der Waals surface area contributed by atoms with E-state index in [1.807, 2.05) is 6.07 Å². The van der Waals surface area contributed by atoms with Crippen molar-refractivity contribution in [2.75, 3.05) is 5.32 Å². The highest BCUT2D eigenvalue weighted by Gasteiger charge is 2.07. The molecule has 2 heterocycles. The molecule has 0 atom stereocenters. The Morgan fingerprint density at radius 3 is 2.68 bits per heavy atom. The number of aromatic nitrogens is 2. The van der Waals surface area contributed by atoms with Crippen LogP contribution in [0.15, 0.2) is 56.4 Å². The van der Waals surface area contributed by atoms with Gasteiger partial charge in [0.2, 0.25) is 5.91 Å². The number of aromatic amines is 1. The number of nitrogens with one attached hydrogen (secondary N) is 2. The Morgan fingerprint density at radius 2 is 2.05 bits per heavy atom. The molecule has 22 heavy (non-hydrogen) atoms. The molecule has 0 unspecified atom stereocenters. The van der Waals surface area contributed by atoms with Crippen LogP contribution in [-0.4, -0.2) is 16.0 Å². The first kappa shape index (κ1) is 13.9. The van der Waals surface area contributed by atoms with E-state index in [4.69, 9.17) is 4.42 Å². The topological polar surface area (TPSA) is 101 Å². The summed E-state index contributed by atoms with van der Waals surface area (Å²) in [6.07, 6.45) is 2.48. The minimum Gasteiger partial charge on any atom is -0.469 e. The second-order valence-electron chi connectivity index (χ2n) is 4.65. The number of hydrogen-bond donors (Lipinski definition) is 2. The van der Waals surface area contributed by atoms with Gasteiger partial charge in [0.15, 0.2) is 5.82 Å². The van der Waals surface area contributed by atoms with Gasteiger partial charge in [-0.05, 0) is 36.4 Å². The van der Waals surface area contributed by atoms with Crippen molar-refractivity contribution >= 4 is 11.6 Å². The molecule has 7 heteroatoms. The van der Waals surface area contributed by atoms with Crippen molar-refractivity contribution in [1.82, 2.24) is 10.1 Å². The minimum atomic E-state index is -0.606. The van der Waals surface area contributed by atoms with Gasteiger partial charge in [0.1, 0.15) is 5.76 Å². The average Bonchev–Trinajstić information content (AvgIpc) is 3.17. The molecule has 3 aromatic rings. The Labute approximate surface area is 124 Å². The van der Waals surface area contributed by atoms with Crippen LogP contribution in [0.3, 0.4) is 0 Å². The summed E-state index contributed by atoms with van der Waals surface area (Å²) in [4.78, 5) is 25.2. The molecular formula is C15H13N3O4. The molecule has 0 aliphatic carbocycles. The highest BCUT2D eigenvalue weighted by Crippen LogP contribution is 2.17. The minimum absolute atomic E-state index is 0.0982. The Kier molecular flexibility index (Phi) is 3.86. The summed E-state index contributed by atoms with van der Waals surface area (Å²) >= 11 is 0. The van der Waals surface area contributed by atoms with Crippen molar-refractivity contribution in [3.05, 3.63) is 59.0 Å². The molecule has 0 radical (unpaired) electrons. The van der Waals surface area contributed by atoms with Crippen molar-refractivity contribution < 1.29 is 13.7 Å². The maximum atomic E-state index is 11.8. The largest absolute Gasteiger partial charge is 0.469 e. The lowest BCUT2D eigenvalue weighted by Gasteiger charge is -2.05. The van der Waals surface area contributed by atoms with E-state index in [9.17, 15) is 9.59 Å². The van der Waals surface area contributed by atoms with Gasteiger partial charge in [0.25, 0.3) is 0 Å². The fourth-order valence-electron chi connectivity index (χ4n) is 1.98. The predicted octanol–water partition coefficient (Wildman–Crippen LogP) is 2.19. The van der Waals surface area contributed by atoms with Gasteiger partial charge in [-0.25, -0.2) is 4.79 Å². The third-order valence-corrected chi connectivity index (χ3v) is 3.06. The summed E-state index contributed by atoms with van der Waals surface area (Å²) in [6, 6.07) is 10.5. The molecule has 1 aromatic carbocycles. The first-order chi connectivity index (χ1) is 10.7. The average molecular weight is 299 g/mol. The maximum absolute atomic E-state index is 11.8. The third kappa shape index (κ3) is 3.32. The van der Waals surface area contributed by atoms with Crippen LogP contribution in [0.25, 0.3) is 11.4 Å². The molecule has 1 amide bonds. The summed E-state index contributed by atoms with van der Waals surface area (Å²) in [7, 11) is 0. The van der Waals surface area contributed by atoms with Crippen molar-refractivity contribution in [1.29, 1.82) is 0 Å². The van der Waals surface area contributed by atoms with Gasteiger partial charge in [0.05, 0.1) is 6.26 Å². The zero-order valence-corrected chi connectivity index (χ0v) is 11.5. The zero-order valence-electron chi connectivity index (χ0n) is 11.5. The van der Waals surface area contributed by atoms with E-state index in [0.717, 1.165) is 5.76 Å². The molecule has 0 saturated carbocycles. The first-order valence-electron chi connectivity index (χ1n) is 6.69. The van der Waals surface area contributed by atoms with Gasteiger partial charge >= 0.3 is 5.76 Å². The van der Waals surface area contributed by atoms with Crippen molar-refractivity contribution in [2.45, 2.75) is 12.8 Å². The van der Waals surface area contributed by atoms with Crippen molar-refractivity contribution in [3.8, 4) is 11.4 Å². The molecule has 0 spiro atoms. The first-order valence-corrected chi connectivity index (χ1v) is 6.69.